The van der Waals surface area contributed by atoms with E-state index in [0.29, 0.717) is 13.0 Å². The normalized spacial score (nSPS) is 10.9. The van der Waals surface area contributed by atoms with Gasteiger partial charge in [-0.3, -0.25) is 4.79 Å². The first-order valence-corrected chi connectivity index (χ1v) is 10.8. The molecule has 2 rings (SSSR count). The Morgan fingerprint density at radius 3 is 2.61 bits per heavy atom. The van der Waals surface area contributed by atoms with Crippen LogP contribution in [0.5, 0.6) is 5.75 Å². The first-order valence-electron chi connectivity index (χ1n) is 9.97. The largest absolute Gasteiger partial charge is 0.489 e. The minimum atomic E-state index is -0.0423. The lowest BCUT2D eigenvalue weighted by Crippen LogP contribution is -2.16. The maximum Gasteiger partial charge on any atom is 0.240 e. The van der Waals surface area contributed by atoms with Crippen LogP contribution in [0.3, 0.4) is 0 Å². The van der Waals surface area contributed by atoms with Crippen LogP contribution in [-0.4, -0.2) is 12.1 Å². The molecule has 0 aliphatic carbocycles. The van der Waals surface area contributed by atoms with Gasteiger partial charge >= 0.3 is 0 Å². The molecular formula is C23H29BrN2O2. The molecule has 0 saturated carbocycles. The highest BCUT2D eigenvalue weighted by Gasteiger charge is 2.03. The highest BCUT2D eigenvalue weighted by molar-refractivity contribution is 9.10. The summed E-state index contributed by atoms with van der Waals surface area (Å²) in [6, 6.07) is 15.7. The second kappa shape index (κ2) is 13.1. The summed E-state index contributed by atoms with van der Waals surface area (Å²) in [7, 11) is 0. The predicted octanol–water partition coefficient (Wildman–Crippen LogP) is 6.23. The van der Waals surface area contributed by atoms with Crippen molar-refractivity contribution in [1.82, 2.24) is 5.43 Å². The molecule has 1 N–H and O–H groups in total. The summed E-state index contributed by atoms with van der Waals surface area (Å²) in [6.07, 6.45) is 9.15. The molecule has 0 bridgehead atoms. The van der Waals surface area contributed by atoms with E-state index in [1.54, 1.807) is 6.21 Å². The minimum Gasteiger partial charge on any atom is -0.489 e. The van der Waals surface area contributed by atoms with Crippen molar-refractivity contribution in [3.8, 4) is 5.75 Å². The van der Waals surface area contributed by atoms with E-state index in [1.165, 1.54) is 25.7 Å². The van der Waals surface area contributed by atoms with Gasteiger partial charge < -0.3 is 4.74 Å². The van der Waals surface area contributed by atoms with Crippen LogP contribution in [0.2, 0.25) is 0 Å². The van der Waals surface area contributed by atoms with Crippen molar-refractivity contribution in [1.29, 1.82) is 0 Å². The van der Waals surface area contributed by atoms with Gasteiger partial charge in [-0.15, -0.1) is 0 Å². The lowest BCUT2D eigenvalue weighted by Gasteiger charge is -2.08. The van der Waals surface area contributed by atoms with Crippen molar-refractivity contribution in [2.24, 2.45) is 5.10 Å². The highest BCUT2D eigenvalue weighted by atomic mass is 79.9. The molecular weight excluding hydrogens is 416 g/mol. The number of carbonyl (C=O) groups is 1. The molecule has 0 aliphatic heterocycles. The van der Waals surface area contributed by atoms with Crippen LogP contribution in [0, 0.1) is 0 Å². The fraction of sp³-hybridized carbons (Fsp3) is 0.391. The third kappa shape index (κ3) is 8.70. The fourth-order valence-corrected chi connectivity index (χ4v) is 3.10. The zero-order valence-corrected chi connectivity index (χ0v) is 18.1. The predicted molar refractivity (Wildman–Crippen MR) is 119 cm³/mol. The molecule has 2 aromatic rings. The number of carbonyl (C=O) groups excluding carboxylic acids is 1. The Kier molecular flexibility index (Phi) is 10.4. The molecule has 0 unspecified atom stereocenters. The Hall–Kier alpha value is -2.14. The van der Waals surface area contributed by atoms with Gasteiger partial charge in [-0.05, 0) is 30.2 Å². The van der Waals surface area contributed by atoms with E-state index in [0.717, 1.165) is 34.2 Å². The molecule has 2 aromatic carbocycles. The third-order valence-electron chi connectivity index (χ3n) is 4.37. The Balaban J connectivity index is 1.76. The number of hydrogen-bond acceptors (Lipinski definition) is 3. The van der Waals surface area contributed by atoms with Gasteiger partial charge in [-0.1, -0.05) is 85.3 Å². The Morgan fingerprint density at radius 2 is 1.82 bits per heavy atom. The van der Waals surface area contributed by atoms with Crippen molar-refractivity contribution in [2.45, 2.75) is 58.5 Å². The molecule has 150 valence electrons. The van der Waals surface area contributed by atoms with Crippen LogP contribution < -0.4 is 10.2 Å². The van der Waals surface area contributed by atoms with Gasteiger partial charge in [0.25, 0.3) is 0 Å². The molecule has 1 amide bonds. The van der Waals surface area contributed by atoms with Crippen LogP contribution in [0.15, 0.2) is 58.1 Å². The second-order valence-corrected chi connectivity index (χ2v) is 7.62. The molecule has 0 heterocycles. The van der Waals surface area contributed by atoms with Crippen LogP contribution in [-0.2, 0) is 11.4 Å². The van der Waals surface area contributed by atoms with E-state index >= 15 is 0 Å². The average Bonchev–Trinajstić information content (AvgIpc) is 2.71. The summed E-state index contributed by atoms with van der Waals surface area (Å²) < 4.78 is 6.74. The average molecular weight is 445 g/mol. The van der Waals surface area contributed by atoms with E-state index in [1.807, 2.05) is 48.5 Å². The number of unbranched alkanes of at least 4 members (excludes halogenated alkanes) is 5. The Morgan fingerprint density at radius 1 is 1.07 bits per heavy atom. The SMILES string of the molecule is CCCCCCCCC(=O)N/N=C/c1cc(OCc2ccccc2)ccc1Br. The van der Waals surface area contributed by atoms with E-state index in [9.17, 15) is 4.79 Å². The van der Waals surface area contributed by atoms with Crippen LogP contribution >= 0.6 is 15.9 Å². The standard InChI is InChI=1S/C23H29BrN2O2/c1-2-3-4-5-6-10-13-23(27)26-25-17-20-16-21(14-15-22(20)24)28-18-19-11-8-7-9-12-19/h7-9,11-12,14-17H,2-6,10,13,18H2,1H3,(H,26,27)/b25-17+. The van der Waals surface area contributed by atoms with Gasteiger partial charge in [0.15, 0.2) is 0 Å². The van der Waals surface area contributed by atoms with E-state index in [-0.39, 0.29) is 5.91 Å². The number of amides is 1. The molecule has 0 radical (unpaired) electrons. The lowest BCUT2D eigenvalue weighted by atomic mass is 10.1. The number of benzene rings is 2. The van der Waals surface area contributed by atoms with E-state index in [2.05, 4.69) is 33.4 Å². The number of nitrogens with one attached hydrogen (secondary N) is 1. The summed E-state index contributed by atoms with van der Waals surface area (Å²) in [5.41, 5.74) is 4.57. The van der Waals surface area contributed by atoms with Gasteiger partial charge in [0.2, 0.25) is 5.91 Å². The first kappa shape index (κ1) is 22.2. The molecule has 0 aliphatic rings. The van der Waals surface area contributed by atoms with Gasteiger partial charge in [-0.2, -0.15) is 5.10 Å². The topological polar surface area (TPSA) is 50.7 Å². The molecule has 0 saturated heterocycles. The van der Waals surface area contributed by atoms with Crippen molar-refractivity contribution in [2.75, 3.05) is 0 Å². The minimum absolute atomic E-state index is 0.0423. The van der Waals surface area contributed by atoms with Crippen LogP contribution in [0.4, 0.5) is 0 Å². The van der Waals surface area contributed by atoms with Crippen molar-refractivity contribution in [3.63, 3.8) is 0 Å². The highest BCUT2D eigenvalue weighted by Crippen LogP contribution is 2.22. The fourth-order valence-electron chi connectivity index (χ4n) is 2.75. The molecule has 0 atom stereocenters. The summed E-state index contributed by atoms with van der Waals surface area (Å²) >= 11 is 3.51. The number of ether oxygens (including phenoxy) is 1. The lowest BCUT2D eigenvalue weighted by molar-refractivity contribution is -0.121. The molecule has 0 fully saturated rings. The quantitative estimate of drug-likeness (QED) is 0.239. The first-order chi connectivity index (χ1) is 13.7. The number of hydrazone groups is 1. The summed E-state index contributed by atoms with van der Waals surface area (Å²) in [4.78, 5) is 11.9. The monoisotopic (exact) mass is 444 g/mol. The van der Waals surface area contributed by atoms with Gasteiger partial charge in [0.05, 0.1) is 6.21 Å². The van der Waals surface area contributed by atoms with Crippen molar-refractivity contribution >= 4 is 28.1 Å². The molecule has 0 aromatic heterocycles. The van der Waals surface area contributed by atoms with Gasteiger partial charge in [0.1, 0.15) is 12.4 Å². The molecule has 5 heteroatoms. The van der Waals surface area contributed by atoms with E-state index < -0.39 is 0 Å². The van der Waals surface area contributed by atoms with E-state index in [4.69, 9.17) is 4.74 Å². The molecule has 4 nitrogen and oxygen atoms in total. The maximum absolute atomic E-state index is 11.9. The maximum atomic E-state index is 11.9. The van der Waals surface area contributed by atoms with Crippen LogP contribution in [0.1, 0.15) is 63.0 Å². The Labute approximate surface area is 176 Å². The number of rotatable bonds is 12. The van der Waals surface area contributed by atoms with Crippen molar-refractivity contribution in [3.05, 3.63) is 64.1 Å². The Bertz CT molecular complexity index is 748. The number of halogens is 1. The third-order valence-corrected chi connectivity index (χ3v) is 5.09. The van der Waals surface area contributed by atoms with Crippen molar-refractivity contribution < 1.29 is 9.53 Å². The molecule has 28 heavy (non-hydrogen) atoms. The zero-order chi connectivity index (χ0) is 20.0. The number of hydrogen-bond donors (Lipinski definition) is 1. The summed E-state index contributed by atoms with van der Waals surface area (Å²) in [5.74, 6) is 0.714. The van der Waals surface area contributed by atoms with Gasteiger partial charge in [0, 0.05) is 16.5 Å². The second-order valence-electron chi connectivity index (χ2n) is 6.77. The van der Waals surface area contributed by atoms with Crippen LogP contribution in [0.25, 0.3) is 0 Å². The number of nitrogens with zero attached hydrogens (tertiary/aromatic N) is 1. The van der Waals surface area contributed by atoms with Gasteiger partial charge in [-0.25, -0.2) is 5.43 Å². The molecule has 0 spiro atoms. The smallest absolute Gasteiger partial charge is 0.240 e. The summed E-state index contributed by atoms with van der Waals surface area (Å²) in [6.45, 7) is 2.71. The zero-order valence-electron chi connectivity index (χ0n) is 16.5. The summed E-state index contributed by atoms with van der Waals surface area (Å²) in [5, 5.41) is 4.08.